The molecule has 1 N–H and O–H groups in total. The zero-order valence-corrected chi connectivity index (χ0v) is 13.7. The Hall–Kier alpha value is -1.58. The van der Waals surface area contributed by atoms with Gasteiger partial charge in [-0.05, 0) is 18.9 Å². The average molecular weight is 340 g/mol. The number of aromatic nitrogens is 2. The number of nitrogens with one attached hydrogen (secondary N) is 1. The number of hydrogen-bond acceptors (Lipinski definition) is 6. The largest absolute Gasteiger partial charge is 0.376 e. The van der Waals surface area contributed by atoms with E-state index in [0.29, 0.717) is 18.7 Å². The van der Waals surface area contributed by atoms with Gasteiger partial charge in [0.1, 0.15) is 0 Å². The second-order valence-electron chi connectivity index (χ2n) is 6.08. The lowest BCUT2D eigenvalue weighted by molar-refractivity contribution is -0.0749. The normalized spacial score (nSPS) is 28.2. The van der Waals surface area contributed by atoms with E-state index in [1.807, 2.05) is 0 Å². The van der Waals surface area contributed by atoms with Gasteiger partial charge in [-0.3, -0.25) is 4.79 Å². The molecule has 9 heteroatoms. The van der Waals surface area contributed by atoms with Crippen molar-refractivity contribution in [2.75, 3.05) is 26.0 Å². The van der Waals surface area contributed by atoms with E-state index < -0.39 is 16.1 Å². The van der Waals surface area contributed by atoms with Gasteiger partial charge in [-0.1, -0.05) is 0 Å². The molecule has 2 saturated heterocycles. The quantitative estimate of drug-likeness (QED) is 0.807. The van der Waals surface area contributed by atoms with Crippen molar-refractivity contribution in [1.29, 1.82) is 0 Å². The predicted octanol–water partition coefficient (Wildman–Crippen LogP) is -0.355. The van der Waals surface area contributed by atoms with Crippen LogP contribution in [-0.4, -0.2) is 67.5 Å². The molecule has 3 atom stereocenters. The van der Waals surface area contributed by atoms with Crippen LogP contribution in [-0.2, 0) is 14.8 Å². The fourth-order valence-electron chi connectivity index (χ4n) is 3.35. The van der Waals surface area contributed by atoms with Crippen LogP contribution >= 0.6 is 0 Å². The van der Waals surface area contributed by atoms with Crippen molar-refractivity contribution >= 4 is 15.9 Å². The molecule has 2 fully saturated rings. The number of carbonyl (C=O) groups is 1. The first-order valence-corrected chi connectivity index (χ1v) is 9.48. The molecule has 0 saturated carbocycles. The molecule has 8 nitrogen and oxygen atoms in total. The smallest absolute Gasteiger partial charge is 0.255 e. The van der Waals surface area contributed by atoms with Gasteiger partial charge in [0.15, 0.2) is 0 Å². The molecule has 0 aliphatic carbocycles. The van der Waals surface area contributed by atoms with Gasteiger partial charge in [-0.15, -0.1) is 0 Å². The van der Waals surface area contributed by atoms with Crippen LogP contribution in [0.4, 0.5) is 0 Å². The van der Waals surface area contributed by atoms with Gasteiger partial charge in [0.25, 0.3) is 5.91 Å². The van der Waals surface area contributed by atoms with Gasteiger partial charge < -0.3 is 9.64 Å². The summed E-state index contributed by atoms with van der Waals surface area (Å²) in [5.41, 5.74) is 0.452. The zero-order chi connectivity index (χ0) is 16.4. The molecule has 0 aromatic carbocycles. The van der Waals surface area contributed by atoms with Crippen molar-refractivity contribution in [3.63, 3.8) is 0 Å². The van der Waals surface area contributed by atoms with E-state index in [9.17, 15) is 13.2 Å². The van der Waals surface area contributed by atoms with Gasteiger partial charge in [0.2, 0.25) is 10.0 Å². The maximum Gasteiger partial charge on any atom is 0.255 e. The Kier molecular flexibility index (Phi) is 4.60. The molecular formula is C14H20N4O4S. The molecule has 3 rings (SSSR count). The van der Waals surface area contributed by atoms with Gasteiger partial charge in [-0.25, -0.2) is 13.1 Å². The Morgan fingerprint density at radius 3 is 2.91 bits per heavy atom. The van der Waals surface area contributed by atoms with Crippen LogP contribution in [0.5, 0.6) is 0 Å². The second-order valence-corrected chi connectivity index (χ2v) is 7.86. The Balaban J connectivity index is 1.81. The lowest BCUT2D eigenvalue weighted by atomic mass is 9.85. The molecule has 0 radical (unpaired) electrons. The first-order chi connectivity index (χ1) is 10.9. The molecule has 2 aliphatic heterocycles. The summed E-state index contributed by atoms with van der Waals surface area (Å²) in [7, 11) is -3.38. The SMILES string of the molecule is CS(=O)(=O)N[C@@H]1CN(C(=O)c2ccnnc2)C[C@@H]2CCCO[C@@H]21. The number of hydrogen-bond donors (Lipinski definition) is 1. The third kappa shape index (κ3) is 3.85. The summed E-state index contributed by atoms with van der Waals surface area (Å²) < 4.78 is 31.7. The van der Waals surface area contributed by atoms with Gasteiger partial charge in [-0.2, -0.15) is 10.2 Å². The number of likely N-dealkylation sites (tertiary alicyclic amines) is 1. The summed E-state index contributed by atoms with van der Waals surface area (Å²) in [6.45, 7) is 1.48. The van der Waals surface area contributed by atoms with E-state index in [0.717, 1.165) is 19.1 Å². The van der Waals surface area contributed by atoms with Crippen LogP contribution in [0.1, 0.15) is 23.2 Å². The van der Waals surface area contributed by atoms with Gasteiger partial charge >= 0.3 is 0 Å². The van der Waals surface area contributed by atoms with Crippen molar-refractivity contribution in [3.05, 3.63) is 24.0 Å². The van der Waals surface area contributed by atoms with Gasteiger partial charge in [0.05, 0.1) is 36.4 Å². The van der Waals surface area contributed by atoms with Crippen LogP contribution in [0.3, 0.4) is 0 Å². The number of piperidine rings is 1. The number of ether oxygens (including phenoxy) is 1. The van der Waals surface area contributed by atoms with Crippen LogP contribution < -0.4 is 4.72 Å². The molecule has 1 aromatic heterocycles. The average Bonchev–Trinajstić information content (AvgIpc) is 2.53. The number of carbonyl (C=O) groups excluding carboxylic acids is 1. The molecule has 126 valence electrons. The minimum Gasteiger partial charge on any atom is -0.376 e. The van der Waals surface area contributed by atoms with Crippen molar-refractivity contribution in [2.24, 2.45) is 5.92 Å². The van der Waals surface area contributed by atoms with E-state index in [-0.39, 0.29) is 24.5 Å². The fourth-order valence-corrected chi connectivity index (χ4v) is 4.11. The summed E-state index contributed by atoms with van der Waals surface area (Å²) >= 11 is 0. The maximum atomic E-state index is 12.6. The van der Waals surface area contributed by atoms with E-state index in [1.54, 1.807) is 11.0 Å². The predicted molar refractivity (Wildman–Crippen MR) is 82.2 cm³/mol. The van der Waals surface area contributed by atoms with E-state index in [4.69, 9.17) is 4.74 Å². The molecule has 0 bridgehead atoms. The Morgan fingerprint density at radius 2 is 2.22 bits per heavy atom. The number of amides is 1. The summed E-state index contributed by atoms with van der Waals surface area (Å²) in [4.78, 5) is 14.3. The molecule has 0 spiro atoms. The standard InChI is InChI=1S/C14H20N4O4S/c1-23(20,21)17-12-9-18(8-11-3-2-6-22-13(11)12)14(19)10-4-5-15-16-7-10/h4-5,7,11-13,17H,2-3,6,8-9H2,1H3/t11-,12+,13-/m0/s1. The number of sulfonamides is 1. The van der Waals surface area contributed by atoms with E-state index >= 15 is 0 Å². The van der Waals surface area contributed by atoms with Crippen molar-refractivity contribution in [2.45, 2.75) is 25.0 Å². The minimum absolute atomic E-state index is 0.135. The molecule has 0 unspecified atom stereocenters. The highest BCUT2D eigenvalue weighted by Crippen LogP contribution is 2.29. The summed E-state index contributed by atoms with van der Waals surface area (Å²) in [5.74, 6) is -0.0280. The molecule has 1 amide bonds. The summed E-state index contributed by atoms with van der Waals surface area (Å²) in [5, 5.41) is 7.40. The third-order valence-corrected chi connectivity index (χ3v) is 4.98. The second kappa shape index (κ2) is 6.50. The topological polar surface area (TPSA) is 101 Å². The number of rotatable bonds is 3. The van der Waals surface area contributed by atoms with Crippen molar-refractivity contribution in [1.82, 2.24) is 19.8 Å². The van der Waals surface area contributed by atoms with Crippen LogP contribution in [0, 0.1) is 5.92 Å². The van der Waals surface area contributed by atoms with Crippen molar-refractivity contribution < 1.29 is 17.9 Å². The first-order valence-electron chi connectivity index (χ1n) is 7.59. The minimum atomic E-state index is -3.38. The molecule has 3 heterocycles. The number of fused-ring (bicyclic) bond motifs is 1. The monoisotopic (exact) mass is 340 g/mol. The third-order valence-electron chi connectivity index (χ3n) is 4.25. The highest BCUT2D eigenvalue weighted by atomic mass is 32.2. The molecule has 23 heavy (non-hydrogen) atoms. The molecule has 2 aliphatic rings. The maximum absolute atomic E-state index is 12.6. The highest BCUT2D eigenvalue weighted by Gasteiger charge is 2.41. The number of nitrogens with zero attached hydrogens (tertiary/aromatic N) is 3. The van der Waals surface area contributed by atoms with E-state index in [1.165, 1.54) is 12.4 Å². The van der Waals surface area contributed by atoms with E-state index in [2.05, 4.69) is 14.9 Å². The van der Waals surface area contributed by atoms with Crippen LogP contribution in [0.25, 0.3) is 0 Å². The Morgan fingerprint density at radius 1 is 1.39 bits per heavy atom. The summed E-state index contributed by atoms with van der Waals surface area (Å²) in [6.07, 6.45) is 5.67. The first kappa shape index (κ1) is 16.3. The van der Waals surface area contributed by atoms with Crippen molar-refractivity contribution in [3.8, 4) is 0 Å². The summed E-state index contributed by atoms with van der Waals surface area (Å²) in [6, 6.07) is 1.18. The fraction of sp³-hybridized carbons (Fsp3) is 0.643. The lowest BCUT2D eigenvalue weighted by Gasteiger charge is -2.45. The highest BCUT2D eigenvalue weighted by molar-refractivity contribution is 7.88. The zero-order valence-electron chi connectivity index (χ0n) is 12.9. The lowest BCUT2D eigenvalue weighted by Crippen LogP contribution is -2.61. The Labute approximate surface area is 135 Å². The van der Waals surface area contributed by atoms with Crippen LogP contribution in [0.2, 0.25) is 0 Å². The molecule has 1 aromatic rings. The van der Waals surface area contributed by atoms with Gasteiger partial charge in [0, 0.05) is 25.6 Å². The Bertz CT molecular complexity index is 667. The van der Waals surface area contributed by atoms with Crippen LogP contribution in [0.15, 0.2) is 18.5 Å². The molecular weight excluding hydrogens is 320 g/mol.